The van der Waals surface area contributed by atoms with Gasteiger partial charge in [0, 0.05) is 50.1 Å². The number of methoxy groups -OCH3 is 1. The summed E-state index contributed by atoms with van der Waals surface area (Å²) in [5.41, 5.74) is 0. The lowest BCUT2D eigenvalue weighted by molar-refractivity contribution is 0.115. The predicted octanol–water partition coefficient (Wildman–Crippen LogP) is 1.62. The zero-order chi connectivity index (χ0) is 13.1. The Hall–Kier alpha value is -1.24. The lowest BCUT2D eigenvalue weighted by Gasteiger charge is -2.22. The Bertz CT molecular complexity index is 510. The summed E-state index contributed by atoms with van der Waals surface area (Å²) in [6, 6.07) is 0. The van der Waals surface area contributed by atoms with Crippen molar-refractivity contribution in [2.75, 3.05) is 20.3 Å². The van der Waals surface area contributed by atoms with Crippen LogP contribution in [-0.2, 0) is 24.4 Å². The van der Waals surface area contributed by atoms with Crippen molar-refractivity contribution in [1.82, 2.24) is 19.4 Å². The van der Waals surface area contributed by atoms with Crippen LogP contribution in [0.4, 0.5) is 0 Å². The molecular weight excluding hydrogens is 260 g/mol. The van der Waals surface area contributed by atoms with E-state index in [1.807, 2.05) is 17.8 Å². The standard InChI is InChI=1S/C13H18N4OS/c1-18-10-11-6-16(9-13-15-3-5-19-13)8-12-14-2-4-17(12)7-11/h2-5,11H,6-10H2,1H3/t11-/m1/s1. The fraction of sp³-hybridized carbons (Fsp3) is 0.538. The molecule has 0 aliphatic carbocycles. The molecule has 0 radical (unpaired) electrons. The van der Waals surface area contributed by atoms with Crippen molar-refractivity contribution in [3.8, 4) is 0 Å². The molecule has 0 spiro atoms. The molecule has 0 bridgehead atoms. The van der Waals surface area contributed by atoms with Crippen molar-refractivity contribution in [2.24, 2.45) is 5.92 Å². The third-order valence-electron chi connectivity index (χ3n) is 3.38. The highest BCUT2D eigenvalue weighted by Crippen LogP contribution is 2.18. The van der Waals surface area contributed by atoms with Gasteiger partial charge in [0.1, 0.15) is 10.8 Å². The first kappa shape index (κ1) is 12.8. The van der Waals surface area contributed by atoms with Crippen LogP contribution in [0.5, 0.6) is 0 Å². The highest BCUT2D eigenvalue weighted by Gasteiger charge is 2.22. The lowest BCUT2D eigenvalue weighted by Crippen LogP contribution is -2.29. The summed E-state index contributed by atoms with van der Waals surface area (Å²) in [6.45, 7) is 4.57. The van der Waals surface area contributed by atoms with Gasteiger partial charge in [-0.2, -0.15) is 0 Å². The van der Waals surface area contributed by atoms with Crippen LogP contribution < -0.4 is 0 Å². The van der Waals surface area contributed by atoms with Crippen molar-refractivity contribution >= 4 is 11.3 Å². The maximum Gasteiger partial charge on any atom is 0.122 e. The highest BCUT2D eigenvalue weighted by molar-refractivity contribution is 7.09. The summed E-state index contributed by atoms with van der Waals surface area (Å²) in [5, 5.41) is 3.19. The van der Waals surface area contributed by atoms with Gasteiger partial charge < -0.3 is 9.30 Å². The van der Waals surface area contributed by atoms with E-state index in [1.165, 1.54) is 0 Å². The molecule has 0 fully saturated rings. The number of imidazole rings is 1. The molecule has 0 saturated heterocycles. The van der Waals surface area contributed by atoms with Crippen LogP contribution in [0.25, 0.3) is 0 Å². The van der Waals surface area contributed by atoms with Crippen LogP contribution in [-0.4, -0.2) is 39.7 Å². The number of ether oxygens (including phenoxy) is 1. The van der Waals surface area contributed by atoms with Crippen molar-refractivity contribution in [3.63, 3.8) is 0 Å². The lowest BCUT2D eigenvalue weighted by atomic mass is 10.1. The van der Waals surface area contributed by atoms with Crippen molar-refractivity contribution in [3.05, 3.63) is 34.8 Å². The minimum Gasteiger partial charge on any atom is -0.384 e. The first-order chi connectivity index (χ1) is 9.35. The van der Waals surface area contributed by atoms with E-state index in [9.17, 15) is 0 Å². The molecule has 2 aromatic rings. The molecule has 6 heteroatoms. The Morgan fingerprint density at radius 2 is 2.32 bits per heavy atom. The van der Waals surface area contributed by atoms with Gasteiger partial charge in [0.05, 0.1) is 19.7 Å². The number of hydrogen-bond donors (Lipinski definition) is 0. The maximum atomic E-state index is 5.34. The molecule has 1 atom stereocenters. The molecule has 0 aromatic carbocycles. The first-order valence-corrected chi connectivity index (χ1v) is 7.33. The molecule has 1 aliphatic rings. The Labute approximate surface area is 116 Å². The zero-order valence-electron chi connectivity index (χ0n) is 11.0. The molecule has 3 rings (SSSR count). The van der Waals surface area contributed by atoms with E-state index in [0.717, 1.165) is 43.6 Å². The minimum atomic E-state index is 0.500. The second-order valence-corrected chi connectivity index (χ2v) is 5.89. The third-order valence-corrected chi connectivity index (χ3v) is 4.15. The zero-order valence-corrected chi connectivity index (χ0v) is 11.8. The summed E-state index contributed by atoms with van der Waals surface area (Å²) in [6.07, 6.45) is 5.81. The smallest absolute Gasteiger partial charge is 0.122 e. The number of fused-ring (bicyclic) bond motifs is 1. The van der Waals surface area contributed by atoms with Crippen LogP contribution in [0.1, 0.15) is 10.8 Å². The molecule has 1 aliphatic heterocycles. The third kappa shape index (κ3) is 3.02. The van der Waals surface area contributed by atoms with Gasteiger partial charge in [0.2, 0.25) is 0 Å². The van der Waals surface area contributed by atoms with Crippen LogP contribution in [0.15, 0.2) is 24.0 Å². The van der Waals surface area contributed by atoms with Crippen molar-refractivity contribution in [2.45, 2.75) is 19.6 Å². The molecule has 0 N–H and O–H groups in total. The Morgan fingerprint density at radius 3 is 3.11 bits per heavy atom. The SMILES string of the molecule is COC[C@@H]1CN(Cc2nccs2)Cc2nccn2C1. The Balaban J connectivity index is 1.76. The van der Waals surface area contributed by atoms with Crippen molar-refractivity contribution < 1.29 is 4.74 Å². The first-order valence-electron chi connectivity index (χ1n) is 6.45. The number of thiazole rings is 1. The fourth-order valence-electron chi connectivity index (χ4n) is 2.61. The van der Waals surface area contributed by atoms with Crippen LogP contribution in [0.3, 0.4) is 0 Å². The van der Waals surface area contributed by atoms with E-state index >= 15 is 0 Å². The predicted molar refractivity (Wildman–Crippen MR) is 73.8 cm³/mol. The molecule has 102 valence electrons. The second-order valence-electron chi connectivity index (χ2n) is 4.91. The molecule has 0 unspecified atom stereocenters. The Kier molecular flexibility index (Phi) is 3.91. The average Bonchev–Trinajstić information content (AvgIpc) is 3.00. The van der Waals surface area contributed by atoms with E-state index in [-0.39, 0.29) is 0 Å². The van der Waals surface area contributed by atoms with Gasteiger partial charge in [-0.15, -0.1) is 11.3 Å². The largest absolute Gasteiger partial charge is 0.384 e. The quantitative estimate of drug-likeness (QED) is 0.852. The number of aromatic nitrogens is 3. The van der Waals surface area contributed by atoms with Crippen LogP contribution in [0, 0.1) is 5.92 Å². The molecule has 2 aromatic heterocycles. The number of hydrogen-bond acceptors (Lipinski definition) is 5. The molecule has 5 nitrogen and oxygen atoms in total. The van der Waals surface area contributed by atoms with Gasteiger partial charge in [-0.3, -0.25) is 4.90 Å². The van der Waals surface area contributed by atoms with E-state index in [4.69, 9.17) is 4.74 Å². The molecule has 19 heavy (non-hydrogen) atoms. The van der Waals surface area contributed by atoms with E-state index in [0.29, 0.717) is 5.92 Å². The summed E-state index contributed by atoms with van der Waals surface area (Å²) in [7, 11) is 1.77. The summed E-state index contributed by atoms with van der Waals surface area (Å²) in [5.74, 6) is 1.63. The monoisotopic (exact) mass is 278 g/mol. The maximum absolute atomic E-state index is 5.34. The van der Waals surface area contributed by atoms with Gasteiger partial charge >= 0.3 is 0 Å². The molecule has 0 amide bonds. The van der Waals surface area contributed by atoms with Crippen molar-refractivity contribution in [1.29, 1.82) is 0 Å². The molecular formula is C13H18N4OS. The number of nitrogens with zero attached hydrogens (tertiary/aromatic N) is 4. The fourth-order valence-corrected chi connectivity index (χ4v) is 3.27. The minimum absolute atomic E-state index is 0.500. The van der Waals surface area contributed by atoms with Gasteiger partial charge in [0.25, 0.3) is 0 Å². The molecule has 0 saturated carbocycles. The van der Waals surface area contributed by atoms with Gasteiger partial charge in [0.15, 0.2) is 0 Å². The summed E-state index contributed by atoms with van der Waals surface area (Å²) >= 11 is 1.71. The summed E-state index contributed by atoms with van der Waals surface area (Å²) < 4.78 is 7.58. The Morgan fingerprint density at radius 1 is 1.37 bits per heavy atom. The van der Waals surface area contributed by atoms with Gasteiger partial charge in [-0.25, -0.2) is 9.97 Å². The topological polar surface area (TPSA) is 43.2 Å². The highest BCUT2D eigenvalue weighted by atomic mass is 32.1. The van der Waals surface area contributed by atoms with Gasteiger partial charge in [-0.1, -0.05) is 0 Å². The van der Waals surface area contributed by atoms with Crippen LogP contribution in [0.2, 0.25) is 0 Å². The average molecular weight is 278 g/mol. The van der Waals surface area contributed by atoms with E-state index < -0.39 is 0 Å². The summed E-state index contributed by atoms with van der Waals surface area (Å²) in [4.78, 5) is 11.2. The number of rotatable bonds is 4. The second kappa shape index (κ2) is 5.81. The normalized spacial score (nSPS) is 20.2. The van der Waals surface area contributed by atoms with Gasteiger partial charge in [-0.05, 0) is 0 Å². The van der Waals surface area contributed by atoms with E-state index in [1.54, 1.807) is 18.4 Å². The molecule has 3 heterocycles. The van der Waals surface area contributed by atoms with E-state index in [2.05, 4.69) is 25.6 Å². The van der Waals surface area contributed by atoms with Crippen LogP contribution >= 0.6 is 11.3 Å².